The van der Waals surface area contributed by atoms with Crippen molar-refractivity contribution >= 4 is 29.0 Å². The molecule has 0 saturated carbocycles. The fourth-order valence-electron chi connectivity index (χ4n) is 1.83. The number of nitrogens with one attached hydrogen (secondary N) is 1. The molecule has 0 aliphatic carbocycles. The highest BCUT2D eigenvalue weighted by Gasteiger charge is 2.14. The highest BCUT2D eigenvalue weighted by molar-refractivity contribution is 6.29. The lowest BCUT2D eigenvalue weighted by Gasteiger charge is -2.09. The average Bonchev–Trinajstić information content (AvgIpc) is 2.48. The second-order valence-electron chi connectivity index (χ2n) is 4.42. The molecule has 2 aromatic carbocycles. The van der Waals surface area contributed by atoms with Crippen LogP contribution in [0.4, 0.5) is 5.69 Å². The van der Waals surface area contributed by atoms with Gasteiger partial charge in [-0.15, -0.1) is 11.6 Å². The van der Waals surface area contributed by atoms with Crippen LogP contribution in [0, 0.1) is 6.92 Å². The summed E-state index contributed by atoms with van der Waals surface area (Å²) in [4.78, 5) is 23.8. The van der Waals surface area contributed by atoms with Crippen molar-refractivity contribution in [1.29, 1.82) is 0 Å². The van der Waals surface area contributed by atoms with Crippen molar-refractivity contribution in [3.05, 3.63) is 65.2 Å². The number of benzene rings is 2. The average molecular weight is 288 g/mol. The van der Waals surface area contributed by atoms with Gasteiger partial charge in [0.2, 0.25) is 5.91 Å². The fourth-order valence-corrected chi connectivity index (χ4v) is 1.90. The SMILES string of the molecule is Cc1ccc(C(=O)c2ccccc2NC(=O)CCl)cc1. The maximum atomic E-state index is 12.5. The van der Waals surface area contributed by atoms with E-state index in [0.29, 0.717) is 16.8 Å². The summed E-state index contributed by atoms with van der Waals surface area (Å²) >= 11 is 5.47. The second-order valence-corrected chi connectivity index (χ2v) is 4.69. The van der Waals surface area contributed by atoms with Crippen LogP contribution in [0.1, 0.15) is 21.5 Å². The molecular formula is C16H14ClNO2. The van der Waals surface area contributed by atoms with Gasteiger partial charge in [-0.1, -0.05) is 42.0 Å². The molecule has 0 fully saturated rings. The van der Waals surface area contributed by atoms with Crippen LogP contribution in [-0.2, 0) is 4.79 Å². The molecule has 4 heteroatoms. The Kier molecular flexibility index (Phi) is 4.53. The van der Waals surface area contributed by atoms with E-state index < -0.39 is 0 Å². The maximum absolute atomic E-state index is 12.5. The summed E-state index contributed by atoms with van der Waals surface area (Å²) in [5.41, 5.74) is 2.60. The molecule has 2 rings (SSSR count). The van der Waals surface area contributed by atoms with Crippen molar-refractivity contribution < 1.29 is 9.59 Å². The first-order chi connectivity index (χ1) is 9.61. The van der Waals surface area contributed by atoms with Crippen molar-refractivity contribution in [2.45, 2.75) is 6.92 Å². The van der Waals surface area contributed by atoms with Crippen molar-refractivity contribution in [2.75, 3.05) is 11.2 Å². The van der Waals surface area contributed by atoms with E-state index in [4.69, 9.17) is 11.6 Å². The van der Waals surface area contributed by atoms with Crippen LogP contribution in [0.2, 0.25) is 0 Å². The summed E-state index contributed by atoms with van der Waals surface area (Å²) in [6, 6.07) is 14.2. The number of carbonyl (C=O) groups excluding carboxylic acids is 2. The smallest absolute Gasteiger partial charge is 0.239 e. The molecule has 0 unspecified atom stereocenters. The Morgan fingerprint density at radius 2 is 1.70 bits per heavy atom. The van der Waals surface area contributed by atoms with Crippen molar-refractivity contribution in [1.82, 2.24) is 0 Å². The molecule has 0 saturated heterocycles. The van der Waals surface area contributed by atoms with Crippen molar-refractivity contribution in [3.8, 4) is 0 Å². The standard InChI is InChI=1S/C16H14ClNO2/c1-11-6-8-12(9-7-11)16(20)13-4-2-3-5-14(13)18-15(19)10-17/h2-9H,10H2,1H3,(H,18,19). The summed E-state index contributed by atoms with van der Waals surface area (Å²) in [5.74, 6) is -0.612. The summed E-state index contributed by atoms with van der Waals surface area (Å²) < 4.78 is 0. The number of hydrogen-bond donors (Lipinski definition) is 1. The highest BCUT2D eigenvalue weighted by Crippen LogP contribution is 2.19. The van der Waals surface area contributed by atoms with Gasteiger partial charge in [0.1, 0.15) is 5.88 Å². The van der Waals surface area contributed by atoms with Gasteiger partial charge in [0.25, 0.3) is 0 Å². The predicted molar refractivity (Wildman–Crippen MR) is 80.4 cm³/mol. The third kappa shape index (κ3) is 3.25. The number of amides is 1. The third-order valence-electron chi connectivity index (χ3n) is 2.88. The third-order valence-corrected chi connectivity index (χ3v) is 3.12. The molecule has 102 valence electrons. The minimum absolute atomic E-state index is 0.129. The zero-order valence-corrected chi connectivity index (χ0v) is 11.8. The van der Waals surface area contributed by atoms with E-state index in [1.54, 1.807) is 36.4 Å². The minimum Gasteiger partial charge on any atom is -0.324 e. The summed E-state index contributed by atoms with van der Waals surface area (Å²) in [6.07, 6.45) is 0. The molecule has 1 amide bonds. The van der Waals surface area contributed by atoms with Crippen LogP contribution >= 0.6 is 11.6 Å². The number of rotatable bonds is 4. The van der Waals surface area contributed by atoms with Gasteiger partial charge in [0.15, 0.2) is 5.78 Å². The lowest BCUT2D eigenvalue weighted by Crippen LogP contribution is -2.15. The normalized spacial score (nSPS) is 10.1. The molecule has 0 radical (unpaired) electrons. The van der Waals surface area contributed by atoms with Gasteiger partial charge in [-0.25, -0.2) is 0 Å². The summed E-state index contributed by atoms with van der Waals surface area (Å²) in [5, 5.41) is 2.63. The Morgan fingerprint density at radius 1 is 1.05 bits per heavy atom. The molecule has 0 aliphatic heterocycles. The lowest BCUT2D eigenvalue weighted by molar-refractivity contribution is -0.113. The molecule has 1 N–H and O–H groups in total. The second kappa shape index (κ2) is 6.35. The molecule has 0 spiro atoms. The van der Waals surface area contributed by atoms with Crippen LogP contribution in [0.3, 0.4) is 0 Å². The van der Waals surface area contributed by atoms with E-state index in [0.717, 1.165) is 5.56 Å². The van der Waals surface area contributed by atoms with Gasteiger partial charge in [-0.3, -0.25) is 9.59 Å². The maximum Gasteiger partial charge on any atom is 0.239 e. The zero-order chi connectivity index (χ0) is 14.5. The Hall–Kier alpha value is -2.13. The number of halogens is 1. The molecule has 0 atom stereocenters. The van der Waals surface area contributed by atoms with E-state index in [1.807, 2.05) is 19.1 Å². The van der Waals surface area contributed by atoms with Gasteiger partial charge in [-0.05, 0) is 19.1 Å². The topological polar surface area (TPSA) is 46.2 Å². The van der Waals surface area contributed by atoms with Gasteiger partial charge in [0.05, 0.1) is 5.69 Å². The van der Waals surface area contributed by atoms with Crippen LogP contribution < -0.4 is 5.32 Å². The first-order valence-corrected chi connectivity index (χ1v) is 6.71. The molecule has 0 heterocycles. The van der Waals surface area contributed by atoms with Gasteiger partial charge < -0.3 is 5.32 Å². The Bertz CT molecular complexity index is 635. The van der Waals surface area contributed by atoms with E-state index in [-0.39, 0.29) is 17.6 Å². The zero-order valence-electron chi connectivity index (χ0n) is 11.0. The molecule has 20 heavy (non-hydrogen) atoms. The van der Waals surface area contributed by atoms with E-state index in [9.17, 15) is 9.59 Å². The first-order valence-electron chi connectivity index (χ1n) is 6.18. The number of carbonyl (C=O) groups is 2. The molecule has 2 aromatic rings. The van der Waals surface area contributed by atoms with Crippen LogP contribution in [0.15, 0.2) is 48.5 Å². The number of anilines is 1. The van der Waals surface area contributed by atoms with Gasteiger partial charge >= 0.3 is 0 Å². The van der Waals surface area contributed by atoms with Crippen LogP contribution in [0.25, 0.3) is 0 Å². The van der Waals surface area contributed by atoms with Gasteiger partial charge in [-0.2, -0.15) is 0 Å². The number of para-hydroxylation sites is 1. The number of hydrogen-bond acceptors (Lipinski definition) is 2. The van der Waals surface area contributed by atoms with Crippen molar-refractivity contribution in [3.63, 3.8) is 0 Å². The Labute approximate surface area is 122 Å². The Morgan fingerprint density at radius 3 is 2.35 bits per heavy atom. The van der Waals surface area contributed by atoms with Gasteiger partial charge in [0, 0.05) is 11.1 Å². The number of ketones is 1. The fraction of sp³-hybridized carbons (Fsp3) is 0.125. The summed E-state index contributed by atoms with van der Waals surface area (Å²) in [6.45, 7) is 1.96. The molecule has 3 nitrogen and oxygen atoms in total. The number of alkyl halides is 1. The molecule has 0 aromatic heterocycles. The van der Waals surface area contributed by atoms with E-state index >= 15 is 0 Å². The van der Waals surface area contributed by atoms with E-state index in [2.05, 4.69) is 5.32 Å². The van der Waals surface area contributed by atoms with E-state index in [1.165, 1.54) is 0 Å². The minimum atomic E-state index is -0.337. The number of aryl methyl sites for hydroxylation is 1. The molecular weight excluding hydrogens is 274 g/mol. The van der Waals surface area contributed by atoms with Crippen LogP contribution in [-0.4, -0.2) is 17.6 Å². The largest absolute Gasteiger partial charge is 0.324 e. The highest BCUT2D eigenvalue weighted by atomic mass is 35.5. The van der Waals surface area contributed by atoms with Crippen molar-refractivity contribution in [2.24, 2.45) is 0 Å². The lowest BCUT2D eigenvalue weighted by atomic mass is 10.0. The first kappa shape index (κ1) is 14.3. The monoisotopic (exact) mass is 287 g/mol. The summed E-state index contributed by atoms with van der Waals surface area (Å²) in [7, 11) is 0. The Balaban J connectivity index is 2.34. The van der Waals surface area contributed by atoms with Crippen LogP contribution in [0.5, 0.6) is 0 Å². The molecule has 0 aliphatic rings. The molecule has 0 bridgehead atoms. The quantitative estimate of drug-likeness (QED) is 0.692. The predicted octanol–water partition coefficient (Wildman–Crippen LogP) is 3.40.